The number of hydrogen-bond acceptors (Lipinski definition) is 4. The van der Waals surface area contributed by atoms with Crippen molar-refractivity contribution in [3.05, 3.63) is 24.3 Å². The summed E-state index contributed by atoms with van der Waals surface area (Å²) in [5.41, 5.74) is 0.438. The Labute approximate surface area is 117 Å². The van der Waals surface area contributed by atoms with Crippen molar-refractivity contribution >= 4 is 37.2 Å². The number of nitrogens with zero attached hydrogens (tertiary/aromatic N) is 1. The Morgan fingerprint density at radius 3 is 2.11 bits per heavy atom. The third-order valence-corrected chi connectivity index (χ3v) is 5.13. The molecule has 0 bridgehead atoms. The zero-order chi connectivity index (χ0) is 14.5. The Morgan fingerprint density at radius 2 is 1.63 bits per heavy atom. The minimum absolute atomic E-state index is 0.0470. The molecule has 0 unspecified atom stereocenters. The van der Waals surface area contributed by atoms with E-state index in [1.54, 1.807) is 0 Å². The lowest BCUT2D eigenvalue weighted by Crippen LogP contribution is -2.18. The molecule has 1 rings (SSSR count). The molecule has 0 heterocycles. The summed E-state index contributed by atoms with van der Waals surface area (Å²) >= 11 is 5.35. The van der Waals surface area contributed by atoms with Crippen LogP contribution in [-0.4, -0.2) is 45.3 Å². The first-order chi connectivity index (χ1) is 8.74. The number of benzene rings is 1. The van der Waals surface area contributed by atoms with Gasteiger partial charge in [-0.3, -0.25) is 9.87 Å². The van der Waals surface area contributed by atoms with Crippen LogP contribution in [0, 0.1) is 0 Å². The van der Waals surface area contributed by atoms with E-state index in [0.717, 1.165) is 0 Å². The predicted molar refractivity (Wildman–Crippen MR) is 72.3 cm³/mol. The smallest absolute Gasteiger partial charge is 0.284 e. The second kappa shape index (κ2) is 6.56. The Bertz CT molecular complexity index is 610. The highest BCUT2D eigenvalue weighted by molar-refractivity contribution is 7.91. The molecule has 0 aliphatic carbocycles. The number of hydrogen-bond donors (Lipinski definition) is 1. The normalized spacial score (nSPS) is 12.3. The molecule has 1 aromatic rings. The molecule has 107 valence electrons. The molecule has 0 fully saturated rings. The molecule has 0 atom stereocenters. The summed E-state index contributed by atoms with van der Waals surface area (Å²) in [6.45, 7) is 0.0739. The SMILES string of the molecule is O=S(=O)(CCCl)CC[N]c1ccc(S(=O)(=O)O)cc1. The third kappa shape index (κ3) is 5.77. The molecule has 1 N–H and O–H groups in total. The van der Waals surface area contributed by atoms with Gasteiger partial charge in [-0.1, -0.05) is 0 Å². The average Bonchev–Trinajstić information content (AvgIpc) is 2.28. The molecular formula is C10H13ClNO5S2. The van der Waals surface area contributed by atoms with E-state index >= 15 is 0 Å². The van der Waals surface area contributed by atoms with Crippen molar-refractivity contribution in [3.63, 3.8) is 0 Å². The lowest BCUT2D eigenvalue weighted by atomic mass is 10.3. The molecule has 0 saturated carbocycles. The summed E-state index contributed by atoms with van der Waals surface area (Å²) < 4.78 is 53.1. The van der Waals surface area contributed by atoms with Crippen LogP contribution in [-0.2, 0) is 20.0 Å². The Morgan fingerprint density at radius 1 is 1.05 bits per heavy atom. The van der Waals surface area contributed by atoms with Crippen LogP contribution in [0.2, 0.25) is 0 Å². The fourth-order valence-corrected chi connectivity index (χ4v) is 3.25. The van der Waals surface area contributed by atoms with E-state index < -0.39 is 20.0 Å². The van der Waals surface area contributed by atoms with Gasteiger partial charge in [-0.25, -0.2) is 8.42 Å². The van der Waals surface area contributed by atoms with Crippen LogP contribution in [0.5, 0.6) is 0 Å². The van der Waals surface area contributed by atoms with E-state index in [0.29, 0.717) is 5.69 Å². The van der Waals surface area contributed by atoms with Gasteiger partial charge >= 0.3 is 0 Å². The van der Waals surface area contributed by atoms with Gasteiger partial charge in [0.05, 0.1) is 28.6 Å². The maximum Gasteiger partial charge on any atom is 0.294 e. The highest BCUT2D eigenvalue weighted by Gasteiger charge is 2.11. The van der Waals surface area contributed by atoms with Crippen molar-refractivity contribution in [1.82, 2.24) is 5.32 Å². The van der Waals surface area contributed by atoms with Crippen molar-refractivity contribution in [2.24, 2.45) is 0 Å². The van der Waals surface area contributed by atoms with Crippen LogP contribution in [0.3, 0.4) is 0 Å². The Balaban J connectivity index is 2.56. The van der Waals surface area contributed by atoms with Gasteiger partial charge in [0, 0.05) is 5.88 Å². The molecular weight excluding hydrogens is 314 g/mol. The molecule has 1 radical (unpaired) electrons. The van der Waals surface area contributed by atoms with Crippen molar-refractivity contribution < 1.29 is 21.4 Å². The average molecular weight is 327 g/mol. The first-order valence-electron chi connectivity index (χ1n) is 5.26. The molecule has 19 heavy (non-hydrogen) atoms. The second-order valence-corrected chi connectivity index (χ2v) is 7.79. The molecule has 1 aromatic carbocycles. The van der Waals surface area contributed by atoms with Crippen LogP contribution in [0.15, 0.2) is 29.2 Å². The summed E-state index contributed by atoms with van der Waals surface area (Å²) in [5, 5.41) is 4.00. The maximum absolute atomic E-state index is 11.3. The van der Waals surface area contributed by atoms with Crippen LogP contribution in [0.25, 0.3) is 0 Å². The van der Waals surface area contributed by atoms with Crippen LogP contribution < -0.4 is 5.32 Å². The number of alkyl halides is 1. The Kier molecular flexibility index (Phi) is 5.60. The highest BCUT2D eigenvalue weighted by Crippen LogP contribution is 2.13. The number of halogens is 1. The molecule has 9 heteroatoms. The van der Waals surface area contributed by atoms with Crippen LogP contribution >= 0.6 is 11.6 Å². The topological polar surface area (TPSA) is 103 Å². The quantitative estimate of drug-likeness (QED) is 0.590. The summed E-state index contributed by atoms with van der Waals surface area (Å²) in [6, 6.07) is 5.16. The summed E-state index contributed by atoms with van der Waals surface area (Å²) in [4.78, 5) is -0.235. The van der Waals surface area contributed by atoms with Crippen LogP contribution in [0.4, 0.5) is 5.69 Å². The molecule has 0 aliphatic rings. The second-order valence-electron chi connectivity index (χ2n) is 3.69. The fourth-order valence-electron chi connectivity index (χ4n) is 1.26. The summed E-state index contributed by atoms with van der Waals surface area (Å²) in [7, 11) is -7.42. The third-order valence-electron chi connectivity index (χ3n) is 2.22. The van der Waals surface area contributed by atoms with E-state index in [2.05, 4.69) is 5.32 Å². The van der Waals surface area contributed by atoms with E-state index in [1.165, 1.54) is 24.3 Å². The van der Waals surface area contributed by atoms with Crippen molar-refractivity contribution in [1.29, 1.82) is 0 Å². The van der Waals surface area contributed by atoms with Crippen molar-refractivity contribution in [2.45, 2.75) is 4.90 Å². The lowest BCUT2D eigenvalue weighted by Gasteiger charge is -2.04. The van der Waals surface area contributed by atoms with Gasteiger partial charge in [0.2, 0.25) is 0 Å². The Hall–Kier alpha value is -0.830. The molecule has 0 aromatic heterocycles. The van der Waals surface area contributed by atoms with Gasteiger partial charge in [0.15, 0.2) is 9.84 Å². The largest absolute Gasteiger partial charge is 0.294 e. The molecule has 0 amide bonds. The maximum atomic E-state index is 11.3. The van der Waals surface area contributed by atoms with E-state index in [4.69, 9.17) is 16.2 Å². The lowest BCUT2D eigenvalue weighted by molar-refractivity contribution is 0.483. The van der Waals surface area contributed by atoms with E-state index in [9.17, 15) is 16.8 Å². The minimum Gasteiger partial charge on any atom is -0.284 e. The van der Waals surface area contributed by atoms with Crippen LogP contribution in [0.1, 0.15) is 0 Å². The standard InChI is InChI=1S/C10H13ClNO5S2/c11-5-7-18(13,14)8-6-12-9-1-3-10(4-2-9)19(15,16)17/h1-4H,5-8H2,(H,15,16,17). The first-order valence-corrected chi connectivity index (χ1v) is 9.06. The molecule has 6 nitrogen and oxygen atoms in total. The van der Waals surface area contributed by atoms with Gasteiger partial charge < -0.3 is 0 Å². The van der Waals surface area contributed by atoms with Crippen molar-refractivity contribution in [3.8, 4) is 0 Å². The van der Waals surface area contributed by atoms with Gasteiger partial charge in [-0.15, -0.1) is 11.6 Å². The van der Waals surface area contributed by atoms with E-state index in [1.807, 2.05) is 0 Å². The molecule has 0 aliphatic heterocycles. The zero-order valence-corrected chi connectivity index (χ0v) is 12.2. The number of rotatable bonds is 7. The number of sulfone groups is 1. The predicted octanol–water partition coefficient (Wildman–Crippen LogP) is 0.823. The monoisotopic (exact) mass is 326 g/mol. The molecule has 0 saturated heterocycles. The summed E-state index contributed by atoms with van der Waals surface area (Å²) in [6.07, 6.45) is 0. The minimum atomic E-state index is -4.22. The zero-order valence-electron chi connectivity index (χ0n) is 9.86. The first kappa shape index (κ1) is 16.2. The summed E-state index contributed by atoms with van der Waals surface area (Å²) in [5.74, 6) is -0.156. The van der Waals surface area contributed by atoms with Gasteiger partial charge in [0.1, 0.15) is 0 Å². The fraction of sp³-hybridized carbons (Fsp3) is 0.400. The van der Waals surface area contributed by atoms with Crippen molar-refractivity contribution in [2.75, 3.05) is 23.9 Å². The van der Waals surface area contributed by atoms with Gasteiger partial charge in [-0.05, 0) is 24.3 Å². The van der Waals surface area contributed by atoms with Gasteiger partial charge in [0.25, 0.3) is 10.1 Å². The van der Waals surface area contributed by atoms with E-state index in [-0.39, 0.29) is 28.8 Å². The van der Waals surface area contributed by atoms with Gasteiger partial charge in [-0.2, -0.15) is 8.42 Å². The molecule has 0 spiro atoms. The highest BCUT2D eigenvalue weighted by atomic mass is 35.5.